The third kappa shape index (κ3) is 5.19. The van der Waals surface area contributed by atoms with Gasteiger partial charge in [0.25, 0.3) is 0 Å². The van der Waals surface area contributed by atoms with Crippen LogP contribution in [-0.2, 0) is 14.3 Å². The van der Waals surface area contributed by atoms with Gasteiger partial charge in [-0.25, -0.2) is 0 Å². The van der Waals surface area contributed by atoms with Crippen LogP contribution < -0.4 is 11.0 Å². The highest BCUT2D eigenvalue weighted by atomic mass is 16.5. The van der Waals surface area contributed by atoms with Gasteiger partial charge in [0.1, 0.15) is 0 Å². The third-order valence-electron chi connectivity index (χ3n) is 6.04. The zero-order valence-corrected chi connectivity index (χ0v) is 17.6. The Morgan fingerprint density at radius 2 is 1.93 bits per heavy atom. The van der Waals surface area contributed by atoms with Gasteiger partial charge < -0.3 is 15.3 Å². The van der Waals surface area contributed by atoms with Gasteiger partial charge >= 0.3 is 11.9 Å². The summed E-state index contributed by atoms with van der Waals surface area (Å²) < 4.78 is 4.74. The highest BCUT2D eigenvalue weighted by molar-refractivity contribution is 5.70. The molecular formula is C21H35N3O4. The molecule has 0 saturated heterocycles. The van der Waals surface area contributed by atoms with E-state index in [9.17, 15) is 14.7 Å². The first-order chi connectivity index (χ1) is 13.2. The Bertz CT molecular complexity index is 630. The molecule has 1 heterocycles. The number of hydrogen-bond donors (Lipinski definition) is 3. The van der Waals surface area contributed by atoms with Gasteiger partial charge in [0.15, 0.2) is 0 Å². The van der Waals surface area contributed by atoms with E-state index in [2.05, 4.69) is 31.7 Å². The zero-order valence-electron chi connectivity index (χ0n) is 17.6. The average molecular weight is 394 g/mol. The van der Waals surface area contributed by atoms with Crippen molar-refractivity contribution in [2.75, 3.05) is 7.11 Å². The number of carboxylic acid groups (broad SMARTS) is 1. The van der Waals surface area contributed by atoms with Crippen molar-refractivity contribution >= 4 is 11.9 Å². The summed E-state index contributed by atoms with van der Waals surface area (Å²) in [5, 5.41) is 11.4. The molecule has 2 aliphatic carbocycles. The average Bonchev–Trinajstić information content (AvgIpc) is 3.32. The van der Waals surface area contributed by atoms with Gasteiger partial charge in [-0.1, -0.05) is 20.8 Å². The lowest BCUT2D eigenvalue weighted by molar-refractivity contribution is -0.142. The van der Waals surface area contributed by atoms with Crippen LogP contribution in [0.3, 0.4) is 0 Å². The summed E-state index contributed by atoms with van der Waals surface area (Å²) in [6, 6.07) is -0.275. The molecule has 0 aromatic rings. The number of carbonyl (C=O) groups is 2. The minimum Gasteiger partial charge on any atom is -0.481 e. The van der Waals surface area contributed by atoms with Crippen LogP contribution in [0.2, 0.25) is 0 Å². The molecular weight excluding hydrogens is 358 g/mol. The van der Waals surface area contributed by atoms with Crippen molar-refractivity contribution < 1.29 is 19.4 Å². The summed E-state index contributed by atoms with van der Waals surface area (Å²) in [5.74, 6) is 0.626. The number of allylic oxidation sites excluding steroid dienone is 2. The molecule has 0 unspecified atom stereocenters. The van der Waals surface area contributed by atoms with Crippen molar-refractivity contribution in [2.45, 2.75) is 78.2 Å². The van der Waals surface area contributed by atoms with Gasteiger partial charge in [-0.2, -0.15) is 0 Å². The summed E-state index contributed by atoms with van der Waals surface area (Å²) in [5.41, 5.74) is 9.44. The maximum absolute atomic E-state index is 11.6. The monoisotopic (exact) mass is 393 g/mol. The summed E-state index contributed by atoms with van der Waals surface area (Å²) in [4.78, 5) is 23.0. The maximum atomic E-state index is 11.6. The molecule has 0 aromatic carbocycles. The van der Waals surface area contributed by atoms with Gasteiger partial charge in [0, 0.05) is 18.3 Å². The van der Waals surface area contributed by atoms with E-state index in [1.54, 1.807) is 0 Å². The minimum atomic E-state index is -0.853. The van der Waals surface area contributed by atoms with E-state index in [0.717, 1.165) is 18.8 Å². The second-order valence-electron chi connectivity index (χ2n) is 9.85. The molecule has 3 aliphatic rings. The van der Waals surface area contributed by atoms with E-state index in [1.807, 2.05) is 5.01 Å². The molecule has 158 valence electrons. The highest BCUT2D eigenvalue weighted by Crippen LogP contribution is 2.49. The first-order valence-corrected chi connectivity index (χ1v) is 10.5. The molecule has 28 heavy (non-hydrogen) atoms. The van der Waals surface area contributed by atoms with Crippen LogP contribution in [0.5, 0.6) is 0 Å². The number of esters is 1. The van der Waals surface area contributed by atoms with E-state index < -0.39 is 5.97 Å². The van der Waals surface area contributed by atoms with Crippen LogP contribution in [0.25, 0.3) is 0 Å². The molecule has 1 aliphatic heterocycles. The number of nitrogens with one attached hydrogen (secondary N) is 2. The van der Waals surface area contributed by atoms with Crippen molar-refractivity contribution in [3.05, 3.63) is 11.4 Å². The van der Waals surface area contributed by atoms with Crippen LogP contribution in [0.4, 0.5) is 0 Å². The van der Waals surface area contributed by atoms with Gasteiger partial charge in [0.05, 0.1) is 31.0 Å². The van der Waals surface area contributed by atoms with Gasteiger partial charge in [-0.05, 0) is 49.9 Å². The minimum absolute atomic E-state index is 0.00745. The van der Waals surface area contributed by atoms with E-state index in [0.29, 0.717) is 23.7 Å². The quantitative estimate of drug-likeness (QED) is 0.518. The van der Waals surface area contributed by atoms with Crippen LogP contribution in [0, 0.1) is 23.2 Å². The first kappa shape index (κ1) is 21.0. The fourth-order valence-electron chi connectivity index (χ4n) is 4.66. The molecule has 2 saturated carbocycles. The van der Waals surface area contributed by atoms with Crippen LogP contribution in [-0.4, -0.2) is 35.2 Å². The predicted molar refractivity (Wildman–Crippen MR) is 105 cm³/mol. The van der Waals surface area contributed by atoms with Crippen molar-refractivity contribution in [1.82, 2.24) is 16.0 Å². The number of ether oxygens (including phenoxy) is 1. The van der Waals surface area contributed by atoms with Crippen molar-refractivity contribution in [1.29, 1.82) is 0 Å². The Hall–Kier alpha value is -1.76. The number of aliphatic carboxylic acids is 1. The fraction of sp³-hybridized carbons (Fsp3) is 0.810. The van der Waals surface area contributed by atoms with Gasteiger partial charge in [0.2, 0.25) is 0 Å². The maximum Gasteiger partial charge on any atom is 0.305 e. The molecule has 0 aromatic heterocycles. The Labute approximate surface area is 167 Å². The molecule has 0 bridgehead atoms. The van der Waals surface area contributed by atoms with Gasteiger partial charge in [-0.15, -0.1) is 5.53 Å². The molecule has 2 fully saturated rings. The van der Waals surface area contributed by atoms with E-state index in [-0.39, 0.29) is 24.9 Å². The SMILES string of the molecule is COC(=O)CC[C@@H](CC(=O)O)N1NNC(C2CC(CC(C)(C)C)C2)=C1C1CC1. The number of hydrogen-bond acceptors (Lipinski definition) is 6. The number of carboxylic acids is 1. The number of rotatable bonds is 9. The topological polar surface area (TPSA) is 90.9 Å². The first-order valence-electron chi connectivity index (χ1n) is 10.5. The molecule has 0 amide bonds. The van der Waals surface area contributed by atoms with Crippen molar-refractivity contribution in [3.8, 4) is 0 Å². The Balaban J connectivity index is 1.70. The van der Waals surface area contributed by atoms with E-state index >= 15 is 0 Å². The summed E-state index contributed by atoms with van der Waals surface area (Å²) in [6.07, 6.45) is 6.58. The summed E-state index contributed by atoms with van der Waals surface area (Å²) in [7, 11) is 1.36. The number of nitrogens with zero attached hydrogens (tertiary/aromatic N) is 1. The van der Waals surface area contributed by atoms with Crippen LogP contribution in [0.1, 0.15) is 72.1 Å². The standard InChI is InChI=1S/C21H35N3O4/c1-21(2,3)12-13-9-15(10-13)19-20(14-5-6-14)24(23-22-19)16(11-17(25)26)7-8-18(27)28-4/h13-16,22-23H,5-12H2,1-4H3,(H,25,26)/t13?,15?,16-/m0/s1. The fourth-order valence-corrected chi connectivity index (χ4v) is 4.66. The molecule has 7 heteroatoms. The predicted octanol–water partition coefficient (Wildman–Crippen LogP) is 3.19. The lowest BCUT2D eigenvalue weighted by Gasteiger charge is -2.39. The molecule has 1 atom stereocenters. The van der Waals surface area contributed by atoms with E-state index in [4.69, 9.17) is 4.74 Å². The van der Waals surface area contributed by atoms with Crippen molar-refractivity contribution in [2.24, 2.45) is 23.2 Å². The zero-order chi connectivity index (χ0) is 20.5. The molecule has 0 spiro atoms. The molecule has 3 N–H and O–H groups in total. The van der Waals surface area contributed by atoms with Crippen LogP contribution in [0.15, 0.2) is 11.4 Å². The second-order valence-corrected chi connectivity index (χ2v) is 9.85. The largest absolute Gasteiger partial charge is 0.481 e. The normalized spacial score (nSPS) is 25.9. The molecule has 7 nitrogen and oxygen atoms in total. The number of methoxy groups -OCH3 is 1. The number of carbonyl (C=O) groups excluding carboxylic acids is 1. The van der Waals surface area contributed by atoms with E-state index in [1.165, 1.54) is 37.8 Å². The smallest absolute Gasteiger partial charge is 0.305 e. The Morgan fingerprint density at radius 3 is 2.46 bits per heavy atom. The second kappa shape index (κ2) is 8.31. The molecule has 3 rings (SSSR count). The van der Waals surface area contributed by atoms with Gasteiger partial charge in [-0.3, -0.25) is 14.6 Å². The lowest BCUT2D eigenvalue weighted by Crippen LogP contribution is -2.46. The van der Waals surface area contributed by atoms with Crippen LogP contribution >= 0.6 is 0 Å². The Kier molecular flexibility index (Phi) is 6.22. The van der Waals surface area contributed by atoms with Crippen molar-refractivity contribution in [3.63, 3.8) is 0 Å². The summed E-state index contributed by atoms with van der Waals surface area (Å²) >= 11 is 0. The lowest BCUT2D eigenvalue weighted by atomic mass is 9.67. The molecule has 0 radical (unpaired) electrons. The third-order valence-corrected chi connectivity index (χ3v) is 6.04. The Morgan fingerprint density at radius 1 is 1.25 bits per heavy atom. The summed E-state index contributed by atoms with van der Waals surface area (Å²) in [6.45, 7) is 6.89. The highest BCUT2D eigenvalue weighted by Gasteiger charge is 2.44. The number of hydrazine groups is 2.